The highest BCUT2D eigenvalue weighted by Gasteiger charge is 2.08. The van der Waals surface area contributed by atoms with E-state index in [0.717, 1.165) is 12.3 Å². The smallest absolute Gasteiger partial charge is 0.00442 e. The van der Waals surface area contributed by atoms with Gasteiger partial charge in [0.25, 0.3) is 0 Å². The molecule has 0 aromatic rings. The van der Waals surface area contributed by atoms with Crippen molar-refractivity contribution in [1.82, 2.24) is 4.90 Å². The number of hydrogen-bond acceptors (Lipinski definition) is 1. The van der Waals surface area contributed by atoms with E-state index in [9.17, 15) is 0 Å². The van der Waals surface area contributed by atoms with Crippen molar-refractivity contribution in [3.05, 3.63) is 12.2 Å². The normalized spacial score (nSPS) is 13.9. The fourth-order valence-corrected chi connectivity index (χ4v) is 1.91. The van der Waals surface area contributed by atoms with Gasteiger partial charge in [-0.05, 0) is 44.7 Å². The zero-order valence-corrected chi connectivity index (χ0v) is 11.1. The van der Waals surface area contributed by atoms with Crippen LogP contribution >= 0.6 is 0 Å². The first-order valence-electron chi connectivity index (χ1n) is 6.67. The highest BCUT2D eigenvalue weighted by Crippen LogP contribution is 2.09. The molecule has 0 fully saturated rings. The Labute approximate surface area is 96.6 Å². The summed E-state index contributed by atoms with van der Waals surface area (Å²) in [6.07, 6.45) is 9.68. The van der Waals surface area contributed by atoms with Crippen molar-refractivity contribution in [3.8, 4) is 0 Å². The minimum atomic E-state index is 0.753. The second-order valence-corrected chi connectivity index (χ2v) is 4.31. The molecule has 0 radical (unpaired) electrons. The summed E-state index contributed by atoms with van der Waals surface area (Å²) in [6, 6.07) is 0. The number of hydrogen-bond donors (Lipinski definition) is 0. The van der Waals surface area contributed by atoms with Crippen LogP contribution in [0.5, 0.6) is 0 Å². The van der Waals surface area contributed by atoms with Gasteiger partial charge in [0, 0.05) is 6.54 Å². The first-order chi connectivity index (χ1) is 7.28. The van der Waals surface area contributed by atoms with Crippen LogP contribution in [-0.2, 0) is 0 Å². The van der Waals surface area contributed by atoms with Crippen molar-refractivity contribution in [2.24, 2.45) is 5.92 Å². The lowest BCUT2D eigenvalue weighted by molar-refractivity contribution is 0.246. The molecule has 0 spiro atoms. The van der Waals surface area contributed by atoms with Gasteiger partial charge in [-0.2, -0.15) is 0 Å². The Balaban J connectivity index is 4.02. The molecule has 0 saturated carbocycles. The highest BCUT2D eigenvalue weighted by molar-refractivity contribution is 4.88. The summed E-state index contributed by atoms with van der Waals surface area (Å²) in [5, 5.41) is 0. The molecule has 0 aromatic heterocycles. The van der Waals surface area contributed by atoms with Crippen molar-refractivity contribution < 1.29 is 0 Å². The maximum atomic E-state index is 2.61. The van der Waals surface area contributed by atoms with Crippen LogP contribution in [0.25, 0.3) is 0 Å². The molecule has 0 bridgehead atoms. The van der Waals surface area contributed by atoms with E-state index in [-0.39, 0.29) is 0 Å². The predicted octanol–water partition coefficient (Wildman–Crippen LogP) is 4.10. The minimum absolute atomic E-state index is 0.753. The molecule has 1 unspecified atom stereocenters. The summed E-state index contributed by atoms with van der Waals surface area (Å²) in [5.41, 5.74) is 0. The third-order valence-corrected chi connectivity index (χ3v) is 2.74. The molecule has 0 amide bonds. The van der Waals surface area contributed by atoms with E-state index in [0.29, 0.717) is 0 Å². The van der Waals surface area contributed by atoms with Gasteiger partial charge in [-0.25, -0.2) is 0 Å². The third kappa shape index (κ3) is 7.61. The average Bonchev–Trinajstić information content (AvgIpc) is 2.24. The Morgan fingerprint density at radius 1 is 1.00 bits per heavy atom. The highest BCUT2D eigenvalue weighted by atomic mass is 15.1. The molecule has 1 nitrogen and oxygen atoms in total. The van der Waals surface area contributed by atoms with Crippen molar-refractivity contribution in [2.75, 3.05) is 19.6 Å². The lowest BCUT2D eigenvalue weighted by atomic mass is 10.0. The summed E-state index contributed by atoms with van der Waals surface area (Å²) in [5.74, 6) is 0.753. The van der Waals surface area contributed by atoms with Gasteiger partial charge in [0.05, 0.1) is 0 Å². The van der Waals surface area contributed by atoms with E-state index in [1.54, 1.807) is 0 Å². The van der Waals surface area contributed by atoms with Gasteiger partial charge in [-0.15, -0.1) is 0 Å². The van der Waals surface area contributed by atoms with E-state index in [4.69, 9.17) is 0 Å². The summed E-state index contributed by atoms with van der Waals surface area (Å²) < 4.78 is 0. The van der Waals surface area contributed by atoms with E-state index in [2.05, 4.69) is 44.7 Å². The number of allylic oxidation sites excluding steroid dienone is 1. The molecule has 0 rings (SSSR count). The molecule has 0 heterocycles. The molecule has 1 atom stereocenters. The molecule has 0 saturated heterocycles. The Hall–Kier alpha value is -0.300. The van der Waals surface area contributed by atoms with E-state index < -0.39 is 0 Å². The number of nitrogens with zero attached hydrogens (tertiary/aromatic N) is 1. The Morgan fingerprint density at radius 3 is 2.00 bits per heavy atom. The minimum Gasteiger partial charge on any atom is -0.303 e. The Bertz CT molecular complexity index is 145. The van der Waals surface area contributed by atoms with Gasteiger partial charge in [-0.3, -0.25) is 0 Å². The van der Waals surface area contributed by atoms with Crippen LogP contribution in [0.2, 0.25) is 0 Å². The summed E-state index contributed by atoms with van der Waals surface area (Å²) in [6.45, 7) is 12.8. The third-order valence-electron chi connectivity index (χ3n) is 2.74. The van der Waals surface area contributed by atoms with Crippen LogP contribution in [0.3, 0.4) is 0 Å². The fraction of sp³-hybridized carbons (Fsp3) is 0.857. The van der Waals surface area contributed by atoms with Crippen LogP contribution in [0.1, 0.15) is 53.4 Å². The van der Waals surface area contributed by atoms with Gasteiger partial charge in [0.15, 0.2) is 0 Å². The summed E-state index contributed by atoms with van der Waals surface area (Å²) >= 11 is 0. The van der Waals surface area contributed by atoms with E-state index >= 15 is 0 Å². The van der Waals surface area contributed by atoms with Gasteiger partial charge >= 0.3 is 0 Å². The number of rotatable bonds is 9. The molecule has 0 N–H and O–H groups in total. The zero-order valence-electron chi connectivity index (χ0n) is 11.1. The molecule has 0 aliphatic carbocycles. The maximum Gasteiger partial charge on any atom is 0.00442 e. The van der Waals surface area contributed by atoms with E-state index in [1.807, 2.05) is 0 Å². The molecule has 90 valence electrons. The van der Waals surface area contributed by atoms with Crippen LogP contribution in [0, 0.1) is 5.92 Å². The van der Waals surface area contributed by atoms with Gasteiger partial charge in [-0.1, -0.05) is 39.8 Å². The largest absolute Gasteiger partial charge is 0.303 e. The fourth-order valence-electron chi connectivity index (χ4n) is 1.91. The molecule has 1 heteroatoms. The molecule has 0 aromatic carbocycles. The van der Waals surface area contributed by atoms with Gasteiger partial charge in [0.1, 0.15) is 0 Å². The van der Waals surface area contributed by atoms with Crippen molar-refractivity contribution >= 4 is 0 Å². The molecular formula is C14H29N. The van der Waals surface area contributed by atoms with Crippen LogP contribution in [0.4, 0.5) is 0 Å². The van der Waals surface area contributed by atoms with Gasteiger partial charge < -0.3 is 4.90 Å². The predicted molar refractivity (Wildman–Crippen MR) is 70.2 cm³/mol. The topological polar surface area (TPSA) is 3.24 Å². The lowest BCUT2D eigenvalue weighted by Gasteiger charge is -2.24. The van der Waals surface area contributed by atoms with Crippen molar-refractivity contribution in [3.63, 3.8) is 0 Å². The standard InChI is InChI=1S/C14H29N/c1-5-9-10-14(8-4)13-15(11-6-2)12-7-3/h9-10,14H,5-8,11-13H2,1-4H3. The monoisotopic (exact) mass is 211 g/mol. The average molecular weight is 211 g/mol. The lowest BCUT2D eigenvalue weighted by Crippen LogP contribution is -2.30. The van der Waals surface area contributed by atoms with Crippen LogP contribution < -0.4 is 0 Å². The second-order valence-electron chi connectivity index (χ2n) is 4.31. The maximum absolute atomic E-state index is 2.61. The summed E-state index contributed by atoms with van der Waals surface area (Å²) in [4.78, 5) is 2.61. The van der Waals surface area contributed by atoms with Gasteiger partial charge in [0.2, 0.25) is 0 Å². The van der Waals surface area contributed by atoms with Crippen LogP contribution in [-0.4, -0.2) is 24.5 Å². The molecular weight excluding hydrogens is 182 g/mol. The quantitative estimate of drug-likeness (QED) is 0.519. The molecule has 0 aliphatic rings. The first-order valence-corrected chi connectivity index (χ1v) is 6.67. The molecule has 0 aliphatic heterocycles. The van der Waals surface area contributed by atoms with E-state index in [1.165, 1.54) is 38.9 Å². The SMILES string of the molecule is CCC=CC(CC)CN(CCC)CCC. The zero-order chi connectivity index (χ0) is 11.5. The Morgan fingerprint density at radius 2 is 1.60 bits per heavy atom. The summed E-state index contributed by atoms with van der Waals surface area (Å²) in [7, 11) is 0. The Kier molecular flexibility index (Phi) is 10.0. The van der Waals surface area contributed by atoms with Crippen LogP contribution in [0.15, 0.2) is 12.2 Å². The second kappa shape index (κ2) is 10.2. The molecule has 15 heavy (non-hydrogen) atoms. The van der Waals surface area contributed by atoms with Crippen molar-refractivity contribution in [1.29, 1.82) is 0 Å². The first kappa shape index (κ1) is 14.7. The van der Waals surface area contributed by atoms with Crippen molar-refractivity contribution in [2.45, 2.75) is 53.4 Å².